The predicted molar refractivity (Wildman–Crippen MR) is 135 cm³/mol. The van der Waals surface area contributed by atoms with Gasteiger partial charge in [0.15, 0.2) is 11.8 Å². The molecule has 9 nitrogen and oxygen atoms in total. The smallest absolute Gasteiger partial charge is 0.242 e. The zero-order chi connectivity index (χ0) is 22.2. The van der Waals surface area contributed by atoms with Gasteiger partial charge in [0.1, 0.15) is 12.4 Å². The number of methoxy groups -OCH3 is 1. The molecule has 11 heteroatoms. The Hall–Kier alpha value is -1.92. The van der Waals surface area contributed by atoms with Crippen LogP contribution < -0.4 is 5.32 Å². The molecule has 1 N–H and O–H groups in total. The van der Waals surface area contributed by atoms with Crippen LogP contribution in [0.3, 0.4) is 0 Å². The number of halogens is 2. The fourth-order valence-electron chi connectivity index (χ4n) is 3.29. The normalized spacial score (nSPS) is 14.5. The van der Waals surface area contributed by atoms with Gasteiger partial charge in [0, 0.05) is 52.0 Å². The molecule has 1 aromatic carbocycles. The van der Waals surface area contributed by atoms with Gasteiger partial charge >= 0.3 is 0 Å². The Morgan fingerprint density at radius 1 is 1.25 bits per heavy atom. The number of hydrogen-bond acceptors (Lipinski definition) is 5. The molecule has 32 heavy (non-hydrogen) atoms. The molecule has 0 atom stereocenters. The number of aromatic nitrogens is 3. The number of aliphatic imine (C=N–C) groups is 1. The molecule has 0 radical (unpaired) electrons. The maximum absolute atomic E-state index is 12.8. The fourth-order valence-corrected chi connectivity index (χ4v) is 3.41. The second-order valence-corrected chi connectivity index (χ2v) is 7.94. The van der Waals surface area contributed by atoms with E-state index < -0.39 is 0 Å². The predicted octanol–water partition coefficient (Wildman–Crippen LogP) is 2.22. The molecule has 0 aliphatic carbocycles. The quantitative estimate of drug-likeness (QED) is 0.225. The Balaban J connectivity index is 0.00000363. The maximum Gasteiger partial charge on any atom is 0.242 e. The molecule has 3 rings (SSSR count). The summed E-state index contributed by atoms with van der Waals surface area (Å²) in [6, 6.07) is 7.60. The lowest BCUT2D eigenvalue weighted by Gasteiger charge is -2.36. The molecule has 0 bridgehead atoms. The summed E-state index contributed by atoms with van der Waals surface area (Å²) in [7, 11) is 3.61. The molecule has 1 aromatic heterocycles. The third-order valence-corrected chi connectivity index (χ3v) is 5.52. The minimum Gasteiger partial charge on any atom is -0.385 e. The van der Waals surface area contributed by atoms with Crippen molar-refractivity contribution in [1.29, 1.82) is 0 Å². The van der Waals surface area contributed by atoms with Gasteiger partial charge in [-0.3, -0.25) is 4.79 Å². The van der Waals surface area contributed by atoms with Crippen molar-refractivity contribution in [3.05, 3.63) is 46.5 Å². The summed E-state index contributed by atoms with van der Waals surface area (Å²) in [5, 5.41) is 12.3. The molecule has 0 spiro atoms. The van der Waals surface area contributed by atoms with E-state index in [0.29, 0.717) is 50.3 Å². The molecule has 1 aliphatic rings. The molecule has 1 aliphatic heterocycles. The number of rotatable bonds is 8. The molecule has 2 heterocycles. The van der Waals surface area contributed by atoms with Crippen molar-refractivity contribution >= 4 is 47.4 Å². The van der Waals surface area contributed by atoms with Crippen LogP contribution in [-0.4, -0.2) is 76.3 Å². The number of nitrogens with one attached hydrogen (secondary N) is 1. The van der Waals surface area contributed by atoms with Crippen molar-refractivity contribution in [3.8, 4) is 0 Å². The number of ether oxygens (including phenoxy) is 1. The molecule has 1 fully saturated rings. The lowest BCUT2D eigenvalue weighted by atomic mass is 10.2. The number of benzene rings is 1. The lowest BCUT2D eigenvalue weighted by molar-refractivity contribution is -0.135. The standard InChI is InChI=1S/C21H30ClN7O2.HI/c1-16-25-26-19(27(16)2)13-24-21(23-9-4-12-31-3)29-11-10-28(20(30)15-29)14-17-5-7-18(22)8-6-17;/h5-8H,4,9-15H2,1-3H3,(H,23,24);1H. The summed E-state index contributed by atoms with van der Waals surface area (Å²) in [5.41, 5.74) is 1.07. The Morgan fingerprint density at radius 3 is 2.62 bits per heavy atom. The van der Waals surface area contributed by atoms with Crippen LogP contribution in [0.1, 0.15) is 23.6 Å². The molecule has 0 unspecified atom stereocenters. The summed E-state index contributed by atoms with van der Waals surface area (Å²) < 4.78 is 7.05. The number of guanidine groups is 1. The molecular weight excluding hydrogens is 545 g/mol. The third-order valence-electron chi connectivity index (χ3n) is 5.27. The minimum absolute atomic E-state index is 0. The van der Waals surface area contributed by atoms with Gasteiger partial charge in [0.05, 0.1) is 6.54 Å². The summed E-state index contributed by atoms with van der Waals surface area (Å²) >= 11 is 5.96. The van der Waals surface area contributed by atoms with Gasteiger partial charge in [0.2, 0.25) is 5.91 Å². The maximum atomic E-state index is 12.8. The summed E-state index contributed by atoms with van der Waals surface area (Å²) in [4.78, 5) is 21.4. The van der Waals surface area contributed by atoms with Crippen molar-refractivity contribution in [1.82, 2.24) is 29.9 Å². The van der Waals surface area contributed by atoms with Crippen LogP contribution >= 0.6 is 35.6 Å². The number of hydrogen-bond donors (Lipinski definition) is 1. The monoisotopic (exact) mass is 575 g/mol. The number of piperazine rings is 1. The second kappa shape index (κ2) is 12.9. The highest BCUT2D eigenvalue weighted by Gasteiger charge is 2.26. The van der Waals surface area contributed by atoms with Gasteiger partial charge in [-0.2, -0.15) is 0 Å². The first-order valence-corrected chi connectivity index (χ1v) is 10.7. The van der Waals surface area contributed by atoms with Crippen molar-refractivity contribution in [2.45, 2.75) is 26.4 Å². The van der Waals surface area contributed by atoms with Gasteiger partial charge in [-0.15, -0.1) is 34.2 Å². The fraction of sp³-hybridized carbons (Fsp3) is 0.524. The average Bonchev–Trinajstić information content (AvgIpc) is 3.08. The van der Waals surface area contributed by atoms with Crippen molar-refractivity contribution < 1.29 is 9.53 Å². The van der Waals surface area contributed by atoms with E-state index in [2.05, 4.69) is 15.5 Å². The van der Waals surface area contributed by atoms with E-state index in [1.807, 2.05) is 52.6 Å². The van der Waals surface area contributed by atoms with Gasteiger partial charge in [0.25, 0.3) is 0 Å². The molecule has 1 saturated heterocycles. The average molecular weight is 576 g/mol. The second-order valence-electron chi connectivity index (χ2n) is 7.50. The molecular formula is C21H31ClIN7O2. The number of carbonyl (C=O) groups excluding carboxylic acids is 1. The first-order chi connectivity index (χ1) is 15.0. The summed E-state index contributed by atoms with van der Waals surface area (Å²) in [6.07, 6.45) is 0.850. The van der Waals surface area contributed by atoms with E-state index in [9.17, 15) is 4.79 Å². The first kappa shape index (κ1) is 26.3. The van der Waals surface area contributed by atoms with Crippen LogP contribution in [0, 0.1) is 6.92 Å². The topological polar surface area (TPSA) is 87.9 Å². The Morgan fingerprint density at radius 2 is 2.00 bits per heavy atom. The van der Waals surface area contributed by atoms with Gasteiger partial charge in [-0.1, -0.05) is 23.7 Å². The van der Waals surface area contributed by atoms with Crippen molar-refractivity contribution in [2.75, 3.05) is 39.9 Å². The number of carbonyl (C=O) groups is 1. The van der Waals surface area contributed by atoms with Crippen LogP contribution in [0.5, 0.6) is 0 Å². The zero-order valence-electron chi connectivity index (χ0n) is 18.8. The van der Waals surface area contributed by atoms with Crippen LogP contribution in [0.15, 0.2) is 29.3 Å². The van der Waals surface area contributed by atoms with Gasteiger partial charge in [-0.05, 0) is 31.0 Å². The Labute approximate surface area is 211 Å². The van der Waals surface area contributed by atoms with Gasteiger partial charge in [-0.25, -0.2) is 4.99 Å². The molecule has 2 aromatic rings. The van der Waals surface area contributed by atoms with Crippen LogP contribution in [0.2, 0.25) is 5.02 Å². The Bertz CT molecular complexity index is 904. The summed E-state index contributed by atoms with van der Waals surface area (Å²) in [5.74, 6) is 2.39. The van der Waals surface area contributed by atoms with E-state index in [4.69, 9.17) is 21.3 Å². The largest absolute Gasteiger partial charge is 0.385 e. The molecule has 1 amide bonds. The minimum atomic E-state index is 0. The van der Waals surface area contributed by atoms with Crippen LogP contribution in [0.25, 0.3) is 0 Å². The van der Waals surface area contributed by atoms with E-state index >= 15 is 0 Å². The number of amides is 1. The SMILES string of the molecule is COCCCNC(=NCc1nnc(C)n1C)N1CCN(Cc2ccc(Cl)cc2)C(=O)C1.I. The van der Waals surface area contributed by atoms with E-state index in [1.165, 1.54) is 0 Å². The number of aryl methyl sites for hydroxylation is 1. The number of nitrogens with zero attached hydrogens (tertiary/aromatic N) is 6. The highest BCUT2D eigenvalue weighted by atomic mass is 127. The lowest BCUT2D eigenvalue weighted by Crippen LogP contribution is -2.55. The van der Waals surface area contributed by atoms with E-state index in [0.717, 1.165) is 23.6 Å². The van der Waals surface area contributed by atoms with E-state index in [1.54, 1.807) is 7.11 Å². The van der Waals surface area contributed by atoms with Crippen LogP contribution in [-0.2, 0) is 29.7 Å². The van der Waals surface area contributed by atoms with Gasteiger partial charge < -0.3 is 24.4 Å². The highest BCUT2D eigenvalue weighted by Crippen LogP contribution is 2.14. The molecule has 176 valence electrons. The van der Waals surface area contributed by atoms with Crippen molar-refractivity contribution in [2.24, 2.45) is 12.0 Å². The summed E-state index contributed by atoms with van der Waals surface area (Å²) in [6.45, 7) is 5.86. The first-order valence-electron chi connectivity index (χ1n) is 10.4. The van der Waals surface area contributed by atoms with Crippen LogP contribution in [0.4, 0.5) is 0 Å². The zero-order valence-corrected chi connectivity index (χ0v) is 21.8. The molecule has 0 saturated carbocycles. The highest BCUT2D eigenvalue weighted by molar-refractivity contribution is 14.0. The Kier molecular flexibility index (Phi) is 10.7. The van der Waals surface area contributed by atoms with E-state index in [-0.39, 0.29) is 36.4 Å². The third kappa shape index (κ3) is 7.31. The van der Waals surface area contributed by atoms with Crippen molar-refractivity contribution in [3.63, 3.8) is 0 Å².